The number of anilines is 2. The Balaban J connectivity index is 2.01. The van der Waals surface area contributed by atoms with Crippen LogP contribution >= 0.6 is 0 Å². The van der Waals surface area contributed by atoms with Crippen molar-refractivity contribution in [3.63, 3.8) is 0 Å². The molecule has 0 radical (unpaired) electrons. The first-order valence-electron chi connectivity index (χ1n) is 6.57. The zero-order valence-corrected chi connectivity index (χ0v) is 11.5. The van der Waals surface area contributed by atoms with Crippen LogP contribution in [-0.2, 0) is 0 Å². The Kier molecular flexibility index (Phi) is 3.25. The standard InChI is InChI=1S/C15H16N4O/c1-3-20-13-7-5-4-6-12(13)19-15-11-8-10(2)18-14(11)16-9-17-15/h4-9H,3H2,1-2H3,(H2,16,17,18,19). The molecule has 0 aliphatic heterocycles. The van der Waals surface area contributed by atoms with Crippen molar-refractivity contribution in [1.82, 2.24) is 15.0 Å². The van der Waals surface area contributed by atoms with E-state index in [0.717, 1.165) is 34.0 Å². The highest BCUT2D eigenvalue weighted by Gasteiger charge is 2.09. The van der Waals surface area contributed by atoms with E-state index < -0.39 is 0 Å². The van der Waals surface area contributed by atoms with Crippen molar-refractivity contribution in [3.05, 3.63) is 42.4 Å². The van der Waals surface area contributed by atoms with Gasteiger partial charge in [-0.05, 0) is 32.0 Å². The average molecular weight is 268 g/mol. The van der Waals surface area contributed by atoms with Crippen molar-refractivity contribution in [3.8, 4) is 5.75 Å². The number of H-pyrrole nitrogens is 1. The molecule has 20 heavy (non-hydrogen) atoms. The minimum absolute atomic E-state index is 0.626. The lowest BCUT2D eigenvalue weighted by Gasteiger charge is -2.11. The van der Waals surface area contributed by atoms with E-state index in [1.54, 1.807) is 6.33 Å². The van der Waals surface area contributed by atoms with E-state index in [1.165, 1.54) is 0 Å². The van der Waals surface area contributed by atoms with Gasteiger partial charge in [-0.2, -0.15) is 0 Å². The van der Waals surface area contributed by atoms with Crippen LogP contribution in [0.1, 0.15) is 12.6 Å². The van der Waals surface area contributed by atoms with E-state index in [9.17, 15) is 0 Å². The first-order chi connectivity index (χ1) is 9.78. The second-order valence-electron chi connectivity index (χ2n) is 4.49. The van der Waals surface area contributed by atoms with Gasteiger partial charge >= 0.3 is 0 Å². The molecular weight excluding hydrogens is 252 g/mol. The zero-order chi connectivity index (χ0) is 13.9. The fraction of sp³-hybridized carbons (Fsp3) is 0.200. The average Bonchev–Trinajstić information content (AvgIpc) is 2.83. The predicted octanol–water partition coefficient (Wildman–Crippen LogP) is 3.41. The van der Waals surface area contributed by atoms with E-state index in [2.05, 4.69) is 20.3 Å². The maximum Gasteiger partial charge on any atom is 0.143 e. The molecular formula is C15H16N4O. The van der Waals surface area contributed by atoms with Crippen LogP contribution in [0.4, 0.5) is 11.5 Å². The Bertz CT molecular complexity index is 736. The van der Waals surface area contributed by atoms with E-state index in [-0.39, 0.29) is 0 Å². The maximum absolute atomic E-state index is 5.61. The summed E-state index contributed by atoms with van der Waals surface area (Å²) in [7, 11) is 0. The van der Waals surface area contributed by atoms with E-state index in [0.29, 0.717) is 6.61 Å². The summed E-state index contributed by atoms with van der Waals surface area (Å²) in [6, 6.07) is 9.85. The number of aryl methyl sites for hydroxylation is 1. The van der Waals surface area contributed by atoms with E-state index in [4.69, 9.17) is 4.74 Å². The summed E-state index contributed by atoms with van der Waals surface area (Å²) in [5, 5.41) is 4.29. The SMILES string of the molecule is CCOc1ccccc1Nc1ncnc2[nH]c(C)cc12. The highest BCUT2D eigenvalue weighted by atomic mass is 16.5. The maximum atomic E-state index is 5.61. The van der Waals surface area contributed by atoms with Gasteiger partial charge in [0, 0.05) is 5.69 Å². The number of hydrogen-bond donors (Lipinski definition) is 2. The van der Waals surface area contributed by atoms with Crippen molar-refractivity contribution in [2.45, 2.75) is 13.8 Å². The number of nitrogens with one attached hydrogen (secondary N) is 2. The second kappa shape index (κ2) is 5.21. The Morgan fingerprint density at radius 2 is 2.10 bits per heavy atom. The summed E-state index contributed by atoms with van der Waals surface area (Å²) in [6.07, 6.45) is 1.55. The lowest BCUT2D eigenvalue weighted by molar-refractivity contribution is 0.342. The molecule has 0 saturated carbocycles. The minimum atomic E-state index is 0.626. The normalized spacial score (nSPS) is 10.7. The van der Waals surface area contributed by atoms with Crippen LogP contribution in [0.15, 0.2) is 36.7 Å². The number of fused-ring (bicyclic) bond motifs is 1. The molecule has 0 saturated heterocycles. The molecule has 2 N–H and O–H groups in total. The van der Waals surface area contributed by atoms with Gasteiger partial charge in [-0.3, -0.25) is 0 Å². The molecule has 2 aromatic heterocycles. The monoisotopic (exact) mass is 268 g/mol. The van der Waals surface area contributed by atoms with Gasteiger partial charge in [0.1, 0.15) is 23.5 Å². The van der Waals surface area contributed by atoms with Crippen molar-refractivity contribution in [2.75, 3.05) is 11.9 Å². The topological polar surface area (TPSA) is 62.8 Å². The number of aromatic amines is 1. The molecule has 0 spiro atoms. The molecule has 0 aliphatic carbocycles. The van der Waals surface area contributed by atoms with E-state index >= 15 is 0 Å². The predicted molar refractivity (Wildman–Crippen MR) is 79.5 cm³/mol. The van der Waals surface area contributed by atoms with Gasteiger partial charge in [0.25, 0.3) is 0 Å². The lowest BCUT2D eigenvalue weighted by atomic mass is 10.2. The number of hydrogen-bond acceptors (Lipinski definition) is 4. The largest absolute Gasteiger partial charge is 0.492 e. The molecule has 3 rings (SSSR count). The molecule has 2 heterocycles. The van der Waals surface area contributed by atoms with Crippen LogP contribution in [0.2, 0.25) is 0 Å². The third kappa shape index (κ3) is 2.30. The highest BCUT2D eigenvalue weighted by Crippen LogP contribution is 2.29. The third-order valence-electron chi connectivity index (χ3n) is 3.00. The van der Waals surface area contributed by atoms with Crippen molar-refractivity contribution in [2.24, 2.45) is 0 Å². The molecule has 3 aromatic rings. The third-order valence-corrected chi connectivity index (χ3v) is 3.00. The molecule has 0 atom stereocenters. The summed E-state index contributed by atoms with van der Waals surface area (Å²) in [4.78, 5) is 11.7. The van der Waals surface area contributed by atoms with Crippen LogP contribution < -0.4 is 10.1 Å². The summed E-state index contributed by atoms with van der Waals surface area (Å²) in [6.45, 7) is 4.59. The molecule has 102 valence electrons. The fourth-order valence-corrected chi connectivity index (χ4v) is 2.15. The van der Waals surface area contributed by atoms with Crippen molar-refractivity contribution < 1.29 is 4.74 Å². The number of para-hydroxylation sites is 2. The Morgan fingerprint density at radius 1 is 1.25 bits per heavy atom. The molecule has 0 fully saturated rings. The number of aromatic nitrogens is 3. The highest BCUT2D eigenvalue weighted by molar-refractivity contribution is 5.90. The second-order valence-corrected chi connectivity index (χ2v) is 4.49. The van der Waals surface area contributed by atoms with Crippen LogP contribution in [-0.4, -0.2) is 21.6 Å². The molecule has 0 unspecified atom stereocenters. The van der Waals surface area contributed by atoms with Gasteiger partial charge in [0.2, 0.25) is 0 Å². The molecule has 0 aliphatic rings. The number of nitrogens with zero attached hydrogens (tertiary/aromatic N) is 2. The van der Waals surface area contributed by atoms with Crippen LogP contribution in [0.3, 0.4) is 0 Å². The van der Waals surface area contributed by atoms with Crippen LogP contribution in [0, 0.1) is 6.92 Å². The molecule has 0 bridgehead atoms. The quantitative estimate of drug-likeness (QED) is 0.761. The smallest absolute Gasteiger partial charge is 0.143 e. The first kappa shape index (κ1) is 12.5. The summed E-state index contributed by atoms with van der Waals surface area (Å²) in [5.41, 5.74) is 2.78. The summed E-state index contributed by atoms with van der Waals surface area (Å²) in [5.74, 6) is 1.58. The Labute approximate surface area is 117 Å². The van der Waals surface area contributed by atoms with Gasteiger partial charge in [-0.15, -0.1) is 0 Å². The number of ether oxygens (including phenoxy) is 1. The first-order valence-corrected chi connectivity index (χ1v) is 6.57. The van der Waals surface area contributed by atoms with Crippen molar-refractivity contribution >= 4 is 22.5 Å². The van der Waals surface area contributed by atoms with Gasteiger partial charge in [-0.25, -0.2) is 9.97 Å². The van der Waals surface area contributed by atoms with E-state index in [1.807, 2.05) is 44.2 Å². The van der Waals surface area contributed by atoms with Gasteiger partial charge < -0.3 is 15.0 Å². The molecule has 5 heteroatoms. The zero-order valence-electron chi connectivity index (χ0n) is 11.5. The summed E-state index contributed by atoms with van der Waals surface area (Å²) >= 11 is 0. The number of rotatable bonds is 4. The van der Waals surface area contributed by atoms with Gasteiger partial charge in [-0.1, -0.05) is 12.1 Å². The Morgan fingerprint density at radius 3 is 2.95 bits per heavy atom. The molecule has 0 amide bonds. The van der Waals surface area contributed by atoms with Crippen molar-refractivity contribution in [1.29, 1.82) is 0 Å². The summed E-state index contributed by atoms with van der Waals surface area (Å²) < 4.78 is 5.61. The lowest BCUT2D eigenvalue weighted by Crippen LogP contribution is -1.99. The van der Waals surface area contributed by atoms with Gasteiger partial charge in [0.15, 0.2) is 0 Å². The van der Waals surface area contributed by atoms with Gasteiger partial charge in [0.05, 0.1) is 17.7 Å². The Hall–Kier alpha value is -2.56. The molecule has 1 aromatic carbocycles. The minimum Gasteiger partial charge on any atom is -0.492 e. The van der Waals surface area contributed by atoms with Crippen LogP contribution in [0.5, 0.6) is 5.75 Å². The fourth-order valence-electron chi connectivity index (χ4n) is 2.15. The number of benzene rings is 1. The molecule has 5 nitrogen and oxygen atoms in total. The van der Waals surface area contributed by atoms with Crippen LogP contribution in [0.25, 0.3) is 11.0 Å².